The average molecular weight is 257 g/mol. The van der Waals surface area contributed by atoms with E-state index in [1.807, 2.05) is 0 Å². The van der Waals surface area contributed by atoms with E-state index in [0.29, 0.717) is 0 Å². The van der Waals surface area contributed by atoms with E-state index in [1.54, 1.807) is 0 Å². The Balaban J connectivity index is 1.66. The largest absolute Gasteiger partial charge is 0.313 e. The second kappa shape index (κ2) is 6.97. The highest BCUT2D eigenvalue weighted by molar-refractivity contribution is 8.06. The molecule has 0 spiro atoms. The van der Waals surface area contributed by atoms with Crippen LogP contribution in [0.4, 0.5) is 0 Å². The molecule has 0 aromatic carbocycles. The van der Waals surface area contributed by atoms with E-state index < -0.39 is 0 Å². The van der Waals surface area contributed by atoms with Crippen molar-refractivity contribution >= 4 is 23.5 Å². The molecular weight excluding hydrogens is 234 g/mol. The minimum absolute atomic E-state index is 0.769. The summed E-state index contributed by atoms with van der Waals surface area (Å²) >= 11 is 4.28. The van der Waals surface area contributed by atoms with Gasteiger partial charge in [-0.25, -0.2) is 0 Å². The van der Waals surface area contributed by atoms with Crippen molar-refractivity contribution in [1.82, 2.24) is 5.32 Å². The molecule has 92 valence electrons. The van der Waals surface area contributed by atoms with Crippen molar-refractivity contribution < 1.29 is 0 Å². The van der Waals surface area contributed by atoms with Gasteiger partial charge >= 0.3 is 0 Å². The third-order valence-corrected chi connectivity index (χ3v) is 6.21. The van der Waals surface area contributed by atoms with Gasteiger partial charge in [0.2, 0.25) is 0 Å². The first kappa shape index (κ1) is 12.8. The zero-order valence-corrected chi connectivity index (χ0v) is 11.6. The molecule has 2 aliphatic rings. The highest BCUT2D eigenvalue weighted by Crippen LogP contribution is 2.35. The molecule has 2 fully saturated rings. The molecule has 2 unspecified atom stereocenters. The van der Waals surface area contributed by atoms with Crippen LogP contribution in [0.5, 0.6) is 0 Å². The normalized spacial score (nSPS) is 27.6. The molecule has 2 rings (SSSR count). The van der Waals surface area contributed by atoms with Crippen LogP contribution in [-0.4, -0.2) is 35.1 Å². The summed E-state index contributed by atoms with van der Waals surface area (Å²) in [6.45, 7) is 5.05. The first-order valence-corrected chi connectivity index (χ1v) is 8.64. The standard InChI is InChI=1S/C13H23NS2/c1-2-3-4-13(11-5-6-11)14-9-12-10-15-7-8-16-12/h2,11-14H,1,3-10H2. The van der Waals surface area contributed by atoms with Crippen molar-refractivity contribution in [3.05, 3.63) is 12.7 Å². The van der Waals surface area contributed by atoms with Crippen LogP contribution in [0.1, 0.15) is 25.7 Å². The molecule has 1 saturated heterocycles. The molecule has 0 radical (unpaired) electrons. The lowest BCUT2D eigenvalue weighted by Crippen LogP contribution is -2.37. The van der Waals surface area contributed by atoms with Gasteiger partial charge in [0, 0.05) is 35.1 Å². The van der Waals surface area contributed by atoms with E-state index in [-0.39, 0.29) is 0 Å². The van der Waals surface area contributed by atoms with Crippen LogP contribution in [0.3, 0.4) is 0 Å². The van der Waals surface area contributed by atoms with Crippen molar-refractivity contribution in [2.45, 2.75) is 37.0 Å². The molecule has 0 aromatic heterocycles. The van der Waals surface area contributed by atoms with Crippen LogP contribution in [0.15, 0.2) is 12.7 Å². The highest BCUT2D eigenvalue weighted by atomic mass is 32.2. The molecule has 0 amide bonds. The van der Waals surface area contributed by atoms with Gasteiger partial charge in [0.05, 0.1) is 0 Å². The monoisotopic (exact) mass is 257 g/mol. The molecule has 3 heteroatoms. The van der Waals surface area contributed by atoms with Crippen LogP contribution in [0.2, 0.25) is 0 Å². The van der Waals surface area contributed by atoms with Crippen LogP contribution < -0.4 is 5.32 Å². The summed E-state index contributed by atoms with van der Waals surface area (Å²) in [6.07, 6.45) is 7.41. The Morgan fingerprint density at radius 2 is 2.25 bits per heavy atom. The molecule has 0 aromatic rings. The molecule has 1 nitrogen and oxygen atoms in total. The van der Waals surface area contributed by atoms with E-state index in [2.05, 4.69) is 41.5 Å². The van der Waals surface area contributed by atoms with Gasteiger partial charge in [-0.3, -0.25) is 0 Å². The smallest absolute Gasteiger partial charge is 0.0263 e. The Kier molecular flexibility index (Phi) is 5.60. The summed E-state index contributed by atoms with van der Waals surface area (Å²) in [5, 5.41) is 4.65. The van der Waals surface area contributed by atoms with Crippen LogP contribution in [-0.2, 0) is 0 Å². The molecule has 1 heterocycles. The molecule has 1 saturated carbocycles. The predicted octanol–water partition coefficient (Wildman–Crippen LogP) is 3.17. The second-order valence-corrected chi connectivity index (χ2v) is 7.34. The maximum atomic E-state index is 3.83. The van der Waals surface area contributed by atoms with Gasteiger partial charge in [-0.2, -0.15) is 23.5 Å². The van der Waals surface area contributed by atoms with Crippen molar-refractivity contribution in [2.75, 3.05) is 23.8 Å². The zero-order valence-electron chi connectivity index (χ0n) is 9.99. The zero-order chi connectivity index (χ0) is 11.2. The lowest BCUT2D eigenvalue weighted by atomic mass is 10.1. The van der Waals surface area contributed by atoms with Gasteiger partial charge in [0.15, 0.2) is 0 Å². The number of nitrogens with one attached hydrogen (secondary N) is 1. The number of hydrogen-bond donors (Lipinski definition) is 1. The summed E-state index contributed by atoms with van der Waals surface area (Å²) < 4.78 is 0. The maximum absolute atomic E-state index is 3.83. The molecule has 1 N–H and O–H groups in total. The Labute approximate surface area is 108 Å². The van der Waals surface area contributed by atoms with Crippen LogP contribution in [0.25, 0.3) is 0 Å². The molecular formula is C13H23NS2. The van der Waals surface area contributed by atoms with E-state index in [0.717, 1.165) is 17.2 Å². The predicted molar refractivity (Wildman–Crippen MR) is 77.5 cm³/mol. The maximum Gasteiger partial charge on any atom is 0.0263 e. The van der Waals surface area contributed by atoms with E-state index in [4.69, 9.17) is 0 Å². The van der Waals surface area contributed by atoms with Gasteiger partial charge in [-0.15, -0.1) is 6.58 Å². The fourth-order valence-corrected chi connectivity index (χ4v) is 4.86. The molecule has 1 aliphatic carbocycles. The SMILES string of the molecule is C=CCCC(NCC1CSCCS1)C1CC1. The Morgan fingerprint density at radius 1 is 1.38 bits per heavy atom. The van der Waals surface area contributed by atoms with E-state index in [9.17, 15) is 0 Å². The number of hydrogen-bond acceptors (Lipinski definition) is 3. The highest BCUT2D eigenvalue weighted by Gasteiger charge is 2.30. The number of thioether (sulfide) groups is 2. The molecule has 2 atom stereocenters. The summed E-state index contributed by atoms with van der Waals surface area (Å²) in [6, 6.07) is 0.769. The minimum Gasteiger partial charge on any atom is -0.313 e. The second-order valence-electron chi connectivity index (χ2n) is 4.79. The number of allylic oxidation sites excluding steroid dienone is 1. The van der Waals surface area contributed by atoms with Gasteiger partial charge in [-0.1, -0.05) is 6.08 Å². The average Bonchev–Trinajstić information content (AvgIpc) is 3.15. The first-order chi connectivity index (χ1) is 7.90. The first-order valence-electron chi connectivity index (χ1n) is 6.44. The lowest BCUT2D eigenvalue weighted by molar-refractivity contribution is 0.441. The quantitative estimate of drug-likeness (QED) is 0.704. The van der Waals surface area contributed by atoms with Crippen LogP contribution >= 0.6 is 23.5 Å². The summed E-state index contributed by atoms with van der Waals surface area (Å²) in [7, 11) is 0. The van der Waals surface area contributed by atoms with Gasteiger partial charge in [0.1, 0.15) is 0 Å². The Bertz CT molecular complexity index is 210. The third kappa shape index (κ3) is 4.34. The molecule has 0 bridgehead atoms. The molecule has 1 aliphatic heterocycles. The van der Waals surface area contributed by atoms with Crippen molar-refractivity contribution in [2.24, 2.45) is 5.92 Å². The summed E-state index contributed by atoms with van der Waals surface area (Å²) in [5.41, 5.74) is 0. The van der Waals surface area contributed by atoms with E-state index in [1.165, 1.54) is 49.5 Å². The topological polar surface area (TPSA) is 12.0 Å². The third-order valence-electron chi connectivity index (χ3n) is 3.37. The Morgan fingerprint density at radius 3 is 2.88 bits per heavy atom. The van der Waals surface area contributed by atoms with Gasteiger partial charge < -0.3 is 5.32 Å². The molecule has 16 heavy (non-hydrogen) atoms. The van der Waals surface area contributed by atoms with Crippen molar-refractivity contribution in [3.63, 3.8) is 0 Å². The Hall–Kier alpha value is 0.400. The fourth-order valence-electron chi connectivity index (χ4n) is 2.24. The van der Waals surface area contributed by atoms with Crippen LogP contribution in [0, 0.1) is 5.92 Å². The number of rotatable bonds is 7. The van der Waals surface area contributed by atoms with Gasteiger partial charge in [-0.05, 0) is 31.6 Å². The lowest BCUT2D eigenvalue weighted by Gasteiger charge is -2.25. The van der Waals surface area contributed by atoms with E-state index >= 15 is 0 Å². The summed E-state index contributed by atoms with van der Waals surface area (Å²) in [5.74, 6) is 5.01. The minimum atomic E-state index is 0.769. The van der Waals surface area contributed by atoms with Crippen molar-refractivity contribution in [1.29, 1.82) is 0 Å². The van der Waals surface area contributed by atoms with Crippen molar-refractivity contribution in [3.8, 4) is 0 Å². The summed E-state index contributed by atoms with van der Waals surface area (Å²) in [4.78, 5) is 0. The van der Waals surface area contributed by atoms with Gasteiger partial charge in [0.25, 0.3) is 0 Å². The fraction of sp³-hybridized carbons (Fsp3) is 0.846.